The van der Waals surface area contributed by atoms with E-state index in [-0.39, 0.29) is 11.5 Å². The summed E-state index contributed by atoms with van der Waals surface area (Å²) in [4.78, 5) is 28.3. The summed E-state index contributed by atoms with van der Waals surface area (Å²) in [6, 6.07) is 9.49. The summed E-state index contributed by atoms with van der Waals surface area (Å²) in [7, 11) is 6.96. The smallest absolute Gasteiger partial charge is 0.269 e. The number of hydrogen-bond donors (Lipinski definition) is 1. The minimum Gasteiger partial charge on any atom is -0.497 e. The monoisotopic (exact) mass is 469 g/mol. The molecule has 0 radical (unpaired) electrons. The number of halogens is 1. The zero-order valence-corrected chi connectivity index (χ0v) is 19.6. The molecule has 1 amide bonds. The Kier molecular flexibility index (Phi) is 6.35. The van der Waals surface area contributed by atoms with Gasteiger partial charge in [-0.15, -0.1) is 11.3 Å². The van der Waals surface area contributed by atoms with Gasteiger partial charge in [0.15, 0.2) is 0 Å². The van der Waals surface area contributed by atoms with Crippen LogP contribution >= 0.6 is 11.3 Å². The van der Waals surface area contributed by atoms with Crippen LogP contribution in [-0.4, -0.2) is 50.2 Å². The van der Waals surface area contributed by atoms with Crippen LogP contribution in [0.4, 0.5) is 10.1 Å². The number of amides is 1. The number of ether oxygens (including phenoxy) is 2. The van der Waals surface area contributed by atoms with E-state index in [1.807, 2.05) is 19.0 Å². The van der Waals surface area contributed by atoms with Crippen molar-refractivity contribution in [3.63, 3.8) is 0 Å². The summed E-state index contributed by atoms with van der Waals surface area (Å²) in [6.07, 6.45) is 1.74. The summed E-state index contributed by atoms with van der Waals surface area (Å²) in [5.74, 6) is 0.427. The highest BCUT2D eigenvalue weighted by Gasteiger charge is 2.27. The fraction of sp³-hybridized carbons (Fsp3) is 0.250. The predicted octanol–water partition coefficient (Wildman–Crippen LogP) is 1.61. The van der Waals surface area contributed by atoms with Crippen LogP contribution in [0.5, 0.6) is 11.5 Å². The minimum atomic E-state index is -0.439. The number of benzene rings is 2. The number of carbonyl (C=O) groups excluding carboxylic acids is 1. The summed E-state index contributed by atoms with van der Waals surface area (Å²) in [5.41, 5.74) is 1.81. The molecule has 3 aromatic rings. The molecule has 9 heteroatoms. The van der Waals surface area contributed by atoms with Gasteiger partial charge in [-0.3, -0.25) is 14.2 Å². The lowest BCUT2D eigenvalue weighted by Gasteiger charge is -2.10. The molecule has 172 valence electrons. The molecule has 1 N–H and O–H groups in total. The summed E-state index contributed by atoms with van der Waals surface area (Å²) >= 11 is 1.22. The zero-order chi connectivity index (χ0) is 23.7. The van der Waals surface area contributed by atoms with Crippen molar-refractivity contribution >= 4 is 34.6 Å². The number of thiazole rings is 1. The van der Waals surface area contributed by atoms with E-state index in [4.69, 9.17) is 9.47 Å². The Labute approximate surface area is 194 Å². The van der Waals surface area contributed by atoms with Crippen molar-refractivity contribution in [2.24, 2.45) is 0 Å². The lowest BCUT2D eigenvalue weighted by Crippen LogP contribution is -2.36. The van der Waals surface area contributed by atoms with Crippen LogP contribution in [0.25, 0.3) is 11.6 Å². The second kappa shape index (κ2) is 9.21. The molecule has 1 aliphatic rings. The average molecular weight is 470 g/mol. The number of nitrogens with one attached hydrogen (secondary N) is 1. The minimum absolute atomic E-state index is 0.211. The fourth-order valence-corrected chi connectivity index (χ4v) is 4.84. The topological polar surface area (TPSA) is 72.8 Å². The Morgan fingerprint density at radius 1 is 1.12 bits per heavy atom. The largest absolute Gasteiger partial charge is 0.497 e. The van der Waals surface area contributed by atoms with E-state index in [2.05, 4.69) is 5.32 Å². The Bertz CT molecular complexity index is 1410. The Balaban J connectivity index is 2.01. The molecule has 4 rings (SSSR count). The summed E-state index contributed by atoms with van der Waals surface area (Å²) in [5, 5.41) is 2.71. The van der Waals surface area contributed by atoms with Gasteiger partial charge in [-0.2, -0.15) is 0 Å². The molecule has 2 aromatic carbocycles. The molecule has 0 aliphatic carbocycles. The summed E-state index contributed by atoms with van der Waals surface area (Å²) < 4.78 is 27.0. The molecule has 0 saturated carbocycles. The van der Waals surface area contributed by atoms with Crippen molar-refractivity contribution in [3.05, 3.63) is 72.9 Å². The van der Waals surface area contributed by atoms with Crippen molar-refractivity contribution in [1.29, 1.82) is 0 Å². The van der Waals surface area contributed by atoms with Gasteiger partial charge in [0.1, 0.15) is 22.0 Å². The van der Waals surface area contributed by atoms with Gasteiger partial charge in [-0.1, -0.05) is 0 Å². The fourth-order valence-electron chi connectivity index (χ4n) is 3.66. The number of carbonyl (C=O) groups is 1. The van der Waals surface area contributed by atoms with E-state index in [1.165, 1.54) is 23.5 Å². The Morgan fingerprint density at radius 2 is 1.91 bits per heavy atom. The van der Waals surface area contributed by atoms with Crippen LogP contribution in [0.15, 0.2) is 41.2 Å². The standard InChI is InChI=1S/C24H24FN3O4S/c1-27(2)9-10-28-23(30)20(12-14-11-16(31-3)6-8-19(14)32-4)33-24(28)21-17-7-5-15(25)13-18(17)26-22(21)29/h5-8,11-13H,9-10H2,1-4H3,(H,26,29)/b20-12?,24-21-. The molecule has 2 heterocycles. The summed E-state index contributed by atoms with van der Waals surface area (Å²) in [6.45, 7) is 1.00. The molecule has 0 spiro atoms. The number of nitrogens with zero attached hydrogens (tertiary/aromatic N) is 2. The van der Waals surface area contributed by atoms with E-state index < -0.39 is 5.82 Å². The number of hydrogen-bond acceptors (Lipinski definition) is 6. The van der Waals surface area contributed by atoms with E-state index in [1.54, 1.807) is 49.1 Å². The third kappa shape index (κ3) is 4.42. The molecular weight excluding hydrogens is 445 g/mol. The number of likely N-dealkylation sites (N-methyl/N-ethyl adjacent to an activating group) is 1. The van der Waals surface area contributed by atoms with Crippen LogP contribution in [-0.2, 0) is 11.3 Å². The van der Waals surface area contributed by atoms with Crippen LogP contribution < -0.4 is 29.5 Å². The predicted molar refractivity (Wildman–Crippen MR) is 127 cm³/mol. The molecule has 0 unspecified atom stereocenters. The van der Waals surface area contributed by atoms with Crippen LogP contribution in [0.3, 0.4) is 0 Å². The Morgan fingerprint density at radius 3 is 2.61 bits per heavy atom. The quantitative estimate of drug-likeness (QED) is 0.594. The normalized spacial score (nSPS) is 15.1. The first-order valence-corrected chi connectivity index (χ1v) is 11.1. The Hall–Kier alpha value is -3.43. The van der Waals surface area contributed by atoms with Gasteiger partial charge >= 0.3 is 0 Å². The zero-order valence-electron chi connectivity index (χ0n) is 18.8. The van der Waals surface area contributed by atoms with E-state index in [9.17, 15) is 14.0 Å². The molecule has 0 atom stereocenters. The van der Waals surface area contributed by atoms with Crippen LogP contribution in [0.1, 0.15) is 11.1 Å². The molecule has 0 fully saturated rings. The second-order valence-corrected chi connectivity index (χ2v) is 8.83. The van der Waals surface area contributed by atoms with Gasteiger partial charge in [-0.05, 0) is 56.6 Å². The van der Waals surface area contributed by atoms with Crippen molar-refractivity contribution in [2.75, 3.05) is 40.2 Å². The number of anilines is 1. The molecule has 0 saturated heterocycles. The maximum Gasteiger partial charge on any atom is 0.269 e. The molecule has 1 aliphatic heterocycles. The van der Waals surface area contributed by atoms with Gasteiger partial charge in [0.2, 0.25) is 0 Å². The molecule has 33 heavy (non-hydrogen) atoms. The van der Waals surface area contributed by atoms with Gasteiger partial charge in [0.05, 0.1) is 30.0 Å². The van der Waals surface area contributed by atoms with E-state index >= 15 is 0 Å². The van der Waals surface area contributed by atoms with Gasteiger partial charge in [0.25, 0.3) is 11.5 Å². The SMILES string of the molecule is COc1ccc(OC)c(C=c2s/c(=C3\C(=O)Nc4cc(F)ccc43)n(CCN(C)C)c2=O)c1. The van der Waals surface area contributed by atoms with Gasteiger partial charge in [0, 0.05) is 24.2 Å². The van der Waals surface area contributed by atoms with Gasteiger partial charge in [-0.25, -0.2) is 4.39 Å². The first-order chi connectivity index (χ1) is 15.8. The van der Waals surface area contributed by atoms with E-state index in [0.717, 1.165) is 0 Å². The highest BCUT2D eigenvalue weighted by molar-refractivity contribution is 7.07. The van der Waals surface area contributed by atoms with E-state index in [0.29, 0.717) is 56.2 Å². The van der Waals surface area contributed by atoms with Gasteiger partial charge < -0.3 is 19.7 Å². The van der Waals surface area contributed by atoms with Crippen molar-refractivity contribution in [2.45, 2.75) is 6.54 Å². The van der Waals surface area contributed by atoms with Crippen LogP contribution in [0, 0.1) is 5.82 Å². The number of methoxy groups -OCH3 is 2. The molecule has 0 bridgehead atoms. The third-order valence-corrected chi connectivity index (χ3v) is 6.47. The maximum absolute atomic E-state index is 13.7. The van der Waals surface area contributed by atoms with Crippen molar-refractivity contribution in [1.82, 2.24) is 9.47 Å². The maximum atomic E-state index is 13.7. The van der Waals surface area contributed by atoms with Crippen LogP contribution in [0.2, 0.25) is 0 Å². The number of rotatable bonds is 6. The third-order valence-electron chi connectivity index (χ3n) is 5.34. The first-order valence-electron chi connectivity index (χ1n) is 10.3. The first kappa shape index (κ1) is 22.8. The molecular formula is C24H24FN3O4S. The van der Waals surface area contributed by atoms with Crippen molar-refractivity contribution < 1.29 is 18.7 Å². The number of aromatic nitrogens is 1. The highest BCUT2D eigenvalue weighted by atomic mass is 32.1. The second-order valence-electron chi connectivity index (χ2n) is 7.80. The number of fused-ring (bicyclic) bond motifs is 1. The lowest BCUT2D eigenvalue weighted by atomic mass is 10.1. The molecule has 1 aromatic heterocycles. The highest BCUT2D eigenvalue weighted by Crippen LogP contribution is 2.30. The van der Waals surface area contributed by atoms with Crippen molar-refractivity contribution in [3.8, 4) is 11.5 Å². The average Bonchev–Trinajstić information content (AvgIpc) is 3.26. The molecule has 7 nitrogen and oxygen atoms in total. The lowest BCUT2D eigenvalue weighted by molar-refractivity contribution is -0.110.